The summed E-state index contributed by atoms with van der Waals surface area (Å²) in [5.41, 5.74) is 0.603. The standard InChI is InChI=1S/C23H28F3N3O2/c1-27-21(28-15-17-5-3-8-20(13-17)30-2)29-16-22(9-11-31-12-10-22)18-6-4-7-19(14-18)23(24,25)26/h3-8,13-14H,9-12,15-16H2,1-2H3,(H2,27,28,29). The number of aliphatic imine (C=N–C) groups is 1. The van der Waals surface area contributed by atoms with E-state index in [1.165, 1.54) is 12.1 Å². The highest BCUT2D eigenvalue weighted by Gasteiger charge is 2.37. The van der Waals surface area contributed by atoms with Crippen molar-refractivity contribution in [3.05, 3.63) is 65.2 Å². The molecule has 1 saturated heterocycles. The second kappa shape index (κ2) is 10.0. The highest BCUT2D eigenvalue weighted by molar-refractivity contribution is 5.79. The lowest BCUT2D eigenvalue weighted by atomic mass is 9.73. The number of hydrogen-bond donors (Lipinski definition) is 2. The summed E-state index contributed by atoms with van der Waals surface area (Å²) in [6.45, 7) is 2.01. The summed E-state index contributed by atoms with van der Waals surface area (Å²) in [7, 11) is 3.29. The highest BCUT2D eigenvalue weighted by atomic mass is 19.4. The van der Waals surface area contributed by atoms with E-state index in [1.54, 1.807) is 20.2 Å². The van der Waals surface area contributed by atoms with Gasteiger partial charge >= 0.3 is 6.18 Å². The number of benzene rings is 2. The summed E-state index contributed by atoms with van der Waals surface area (Å²) < 4.78 is 50.5. The van der Waals surface area contributed by atoms with Gasteiger partial charge in [0.15, 0.2) is 5.96 Å². The molecule has 2 aromatic rings. The number of alkyl halides is 3. The van der Waals surface area contributed by atoms with Gasteiger partial charge in [0.05, 0.1) is 12.7 Å². The summed E-state index contributed by atoms with van der Waals surface area (Å²) in [6, 6.07) is 13.3. The van der Waals surface area contributed by atoms with Crippen LogP contribution in [-0.4, -0.2) is 39.9 Å². The van der Waals surface area contributed by atoms with E-state index in [1.807, 2.05) is 24.3 Å². The third-order valence-corrected chi connectivity index (χ3v) is 5.66. The molecule has 31 heavy (non-hydrogen) atoms. The van der Waals surface area contributed by atoms with Gasteiger partial charge in [-0.3, -0.25) is 4.99 Å². The van der Waals surface area contributed by atoms with Crippen LogP contribution in [0.4, 0.5) is 13.2 Å². The van der Waals surface area contributed by atoms with E-state index >= 15 is 0 Å². The second-order valence-electron chi connectivity index (χ2n) is 7.60. The molecule has 3 rings (SSSR count). The molecule has 0 amide bonds. The fourth-order valence-electron chi connectivity index (χ4n) is 3.80. The van der Waals surface area contributed by atoms with Crippen molar-refractivity contribution in [1.82, 2.24) is 10.6 Å². The van der Waals surface area contributed by atoms with Gasteiger partial charge in [0.2, 0.25) is 0 Å². The van der Waals surface area contributed by atoms with Crippen LogP contribution in [0.15, 0.2) is 53.5 Å². The number of guanidine groups is 1. The third kappa shape index (κ3) is 5.91. The lowest BCUT2D eigenvalue weighted by molar-refractivity contribution is -0.137. The lowest BCUT2D eigenvalue weighted by Crippen LogP contribution is -2.48. The molecular formula is C23H28F3N3O2. The van der Waals surface area contributed by atoms with Gasteiger partial charge in [-0.2, -0.15) is 13.2 Å². The van der Waals surface area contributed by atoms with E-state index in [0.717, 1.165) is 17.4 Å². The second-order valence-corrected chi connectivity index (χ2v) is 7.60. The molecule has 0 bridgehead atoms. The van der Waals surface area contributed by atoms with Gasteiger partial charge in [0.1, 0.15) is 5.75 Å². The molecule has 2 N–H and O–H groups in total. The van der Waals surface area contributed by atoms with Crippen molar-refractivity contribution >= 4 is 5.96 Å². The molecule has 5 nitrogen and oxygen atoms in total. The van der Waals surface area contributed by atoms with Crippen LogP contribution in [0.2, 0.25) is 0 Å². The predicted octanol–water partition coefficient (Wildman–Crippen LogP) is 4.13. The van der Waals surface area contributed by atoms with Crippen molar-refractivity contribution in [2.75, 3.05) is 33.9 Å². The molecule has 0 atom stereocenters. The summed E-state index contributed by atoms with van der Waals surface area (Å²) in [5.74, 6) is 1.36. The summed E-state index contributed by atoms with van der Waals surface area (Å²) >= 11 is 0. The molecule has 0 spiro atoms. The van der Waals surface area contributed by atoms with E-state index in [2.05, 4.69) is 15.6 Å². The Morgan fingerprint density at radius 1 is 1.10 bits per heavy atom. The van der Waals surface area contributed by atoms with Gasteiger partial charge in [-0.1, -0.05) is 30.3 Å². The monoisotopic (exact) mass is 435 g/mol. The molecule has 1 aliphatic rings. The van der Waals surface area contributed by atoms with Gasteiger partial charge in [-0.05, 0) is 42.2 Å². The van der Waals surface area contributed by atoms with Crippen molar-refractivity contribution in [3.63, 3.8) is 0 Å². The molecule has 0 saturated carbocycles. The fraction of sp³-hybridized carbons (Fsp3) is 0.435. The third-order valence-electron chi connectivity index (χ3n) is 5.66. The van der Waals surface area contributed by atoms with E-state index in [9.17, 15) is 13.2 Å². The van der Waals surface area contributed by atoms with Crippen molar-refractivity contribution < 1.29 is 22.6 Å². The molecule has 0 radical (unpaired) electrons. The first-order chi connectivity index (χ1) is 14.9. The highest BCUT2D eigenvalue weighted by Crippen LogP contribution is 2.37. The maximum absolute atomic E-state index is 13.3. The number of hydrogen-bond acceptors (Lipinski definition) is 3. The number of rotatable bonds is 6. The first-order valence-corrected chi connectivity index (χ1v) is 10.2. The Bertz CT molecular complexity index is 894. The lowest BCUT2D eigenvalue weighted by Gasteiger charge is -2.38. The quantitative estimate of drug-likeness (QED) is 0.529. The number of nitrogens with one attached hydrogen (secondary N) is 2. The van der Waals surface area contributed by atoms with Crippen LogP contribution in [0.5, 0.6) is 5.75 Å². The van der Waals surface area contributed by atoms with E-state index in [-0.39, 0.29) is 0 Å². The summed E-state index contributed by atoms with van der Waals surface area (Å²) in [5, 5.41) is 6.56. The molecule has 1 heterocycles. The van der Waals surface area contributed by atoms with Gasteiger partial charge in [0.25, 0.3) is 0 Å². The number of halogens is 3. The van der Waals surface area contributed by atoms with Crippen LogP contribution in [0.1, 0.15) is 29.5 Å². The Hall–Kier alpha value is -2.74. The largest absolute Gasteiger partial charge is 0.497 e. The fourth-order valence-corrected chi connectivity index (χ4v) is 3.80. The molecule has 168 valence electrons. The van der Waals surface area contributed by atoms with Crippen molar-refractivity contribution in [1.29, 1.82) is 0 Å². The Morgan fingerprint density at radius 3 is 2.52 bits per heavy atom. The molecule has 1 fully saturated rings. The number of methoxy groups -OCH3 is 1. The van der Waals surface area contributed by atoms with Crippen LogP contribution >= 0.6 is 0 Å². The normalized spacial score (nSPS) is 16.6. The van der Waals surface area contributed by atoms with Crippen molar-refractivity contribution in [2.24, 2.45) is 4.99 Å². The molecule has 8 heteroatoms. The minimum Gasteiger partial charge on any atom is -0.497 e. The minimum atomic E-state index is -4.37. The van der Waals surface area contributed by atoms with Crippen molar-refractivity contribution in [3.8, 4) is 5.75 Å². The summed E-state index contributed by atoms with van der Waals surface area (Å²) in [4.78, 5) is 4.26. The van der Waals surface area contributed by atoms with Crippen LogP contribution in [-0.2, 0) is 22.9 Å². The average Bonchev–Trinajstić information content (AvgIpc) is 2.79. The average molecular weight is 435 g/mol. The zero-order valence-electron chi connectivity index (χ0n) is 17.8. The molecular weight excluding hydrogens is 407 g/mol. The molecule has 0 unspecified atom stereocenters. The van der Waals surface area contributed by atoms with E-state index in [4.69, 9.17) is 9.47 Å². The van der Waals surface area contributed by atoms with E-state index < -0.39 is 17.2 Å². The molecule has 2 aromatic carbocycles. The topological polar surface area (TPSA) is 54.9 Å². The van der Waals surface area contributed by atoms with Gasteiger partial charge in [-0.15, -0.1) is 0 Å². The molecule has 0 aromatic heterocycles. The zero-order chi connectivity index (χ0) is 22.3. The number of nitrogens with zero attached hydrogens (tertiary/aromatic N) is 1. The Morgan fingerprint density at radius 2 is 1.84 bits per heavy atom. The predicted molar refractivity (Wildman–Crippen MR) is 114 cm³/mol. The van der Waals surface area contributed by atoms with Gasteiger partial charge < -0.3 is 20.1 Å². The van der Waals surface area contributed by atoms with Crippen LogP contribution < -0.4 is 15.4 Å². The van der Waals surface area contributed by atoms with E-state index in [0.29, 0.717) is 50.7 Å². The maximum atomic E-state index is 13.3. The zero-order valence-corrected chi connectivity index (χ0v) is 17.8. The smallest absolute Gasteiger partial charge is 0.416 e. The SMILES string of the molecule is CN=C(NCc1cccc(OC)c1)NCC1(c2cccc(C(F)(F)F)c2)CCOCC1. The first-order valence-electron chi connectivity index (χ1n) is 10.2. The summed E-state index contributed by atoms with van der Waals surface area (Å²) in [6.07, 6.45) is -3.10. The Labute approximate surface area is 180 Å². The van der Waals surface area contributed by atoms with Gasteiger partial charge in [0, 0.05) is 38.8 Å². The Balaban J connectivity index is 1.72. The Kier molecular flexibility index (Phi) is 7.43. The maximum Gasteiger partial charge on any atom is 0.416 e. The minimum absolute atomic E-state index is 0.454. The molecule has 0 aliphatic carbocycles. The van der Waals surface area contributed by atoms with Crippen molar-refractivity contribution in [2.45, 2.75) is 31.0 Å². The first kappa shape index (κ1) is 22.9. The molecule has 1 aliphatic heterocycles. The van der Waals surface area contributed by atoms with Crippen LogP contribution in [0.3, 0.4) is 0 Å². The van der Waals surface area contributed by atoms with Crippen LogP contribution in [0, 0.1) is 0 Å². The van der Waals surface area contributed by atoms with Crippen LogP contribution in [0.25, 0.3) is 0 Å². The number of ether oxygens (including phenoxy) is 2. The van der Waals surface area contributed by atoms with Gasteiger partial charge in [-0.25, -0.2) is 0 Å².